The molecular weight excluding hydrogens is 403 g/mol. The number of alkyl halides is 1. The van der Waals surface area contributed by atoms with Gasteiger partial charge < -0.3 is 14.5 Å². The maximum absolute atomic E-state index is 13.2. The Hall–Kier alpha value is -1.96. The second-order valence-corrected chi connectivity index (χ2v) is 7.61. The zero-order valence-electron chi connectivity index (χ0n) is 16.0. The number of carbonyl (C=O) groups is 2. The van der Waals surface area contributed by atoms with Crippen molar-refractivity contribution < 1.29 is 18.7 Å². The molecule has 0 atom stereocenters. The normalized spacial score (nSPS) is 10.7. The largest absolute Gasteiger partial charge is 0.383 e. The highest BCUT2D eigenvalue weighted by atomic mass is 35.5. The minimum atomic E-state index is -0.325. The van der Waals surface area contributed by atoms with Gasteiger partial charge in [0.05, 0.1) is 19.7 Å². The Kier molecular flexibility index (Phi) is 8.89. The number of thiophene rings is 1. The molecule has 0 saturated carbocycles. The van der Waals surface area contributed by atoms with Gasteiger partial charge in [0.25, 0.3) is 0 Å². The number of nitrogens with zero attached hydrogens (tertiary/aromatic N) is 2. The molecule has 0 saturated heterocycles. The molecule has 1 heterocycles. The summed E-state index contributed by atoms with van der Waals surface area (Å²) in [5, 5.41) is 1.98. The first kappa shape index (κ1) is 22.3. The lowest BCUT2D eigenvalue weighted by molar-refractivity contribution is -0.140. The van der Waals surface area contributed by atoms with Crippen LogP contribution in [0.1, 0.15) is 16.0 Å². The Morgan fingerprint density at radius 3 is 2.39 bits per heavy atom. The first-order valence-corrected chi connectivity index (χ1v) is 10.2. The zero-order valence-corrected chi connectivity index (χ0v) is 17.6. The zero-order chi connectivity index (χ0) is 20.5. The summed E-state index contributed by atoms with van der Waals surface area (Å²) in [6.07, 6.45) is 0. The molecule has 0 aliphatic rings. The molecule has 152 valence electrons. The summed E-state index contributed by atoms with van der Waals surface area (Å²) in [4.78, 5) is 29.2. The van der Waals surface area contributed by atoms with Crippen LogP contribution in [0.5, 0.6) is 0 Å². The van der Waals surface area contributed by atoms with Crippen molar-refractivity contribution in [1.29, 1.82) is 0 Å². The molecule has 0 fully saturated rings. The number of hydrogen-bond donors (Lipinski definition) is 0. The summed E-state index contributed by atoms with van der Waals surface area (Å²) in [5.41, 5.74) is 1.92. The molecule has 1 aromatic heterocycles. The fraction of sp³-hybridized carbons (Fsp3) is 0.400. The van der Waals surface area contributed by atoms with E-state index in [1.165, 1.54) is 24.1 Å². The summed E-state index contributed by atoms with van der Waals surface area (Å²) in [5.74, 6) is -1.04. The molecule has 0 N–H and O–H groups in total. The molecule has 0 bridgehead atoms. The van der Waals surface area contributed by atoms with Crippen molar-refractivity contribution in [3.05, 3.63) is 57.5 Å². The molecule has 5 nitrogen and oxygen atoms in total. The van der Waals surface area contributed by atoms with E-state index in [-0.39, 0.29) is 36.6 Å². The van der Waals surface area contributed by atoms with Crippen LogP contribution in [0.3, 0.4) is 0 Å². The number of hydrogen-bond acceptors (Lipinski definition) is 4. The van der Waals surface area contributed by atoms with Crippen molar-refractivity contribution >= 4 is 34.8 Å². The Bertz CT molecular complexity index is 782. The smallest absolute Gasteiger partial charge is 0.242 e. The van der Waals surface area contributed by atoms with Crippen LogP contribution in [0.2, 0.25) is 0 Å². The molecule has 2 amide bonds. The number of methoxy groups -OCH3 is 1. The quantitative estimate of drug-likeness (QED) is 0.547. The van der Waals surface area contributed by atoms with Crippen LogP contribution in [0.15, 0.2) is 35.7 Å². The van der Waals surface area contributed by atoms with Gasteiger partial charge in [-0.3, -0.25) is 9.59 Å². The second kappa shape index (κ2) is 11.1. The number of aryl methyl sites for hydroxylation is 1. The summed E-state index contributed by atoms with van der Waals surface area (Å²) in [6, 6.07) is 8.06. The van der Waals surface area contributed by atoms with Gasteiger partial charge in [0, 0.05) is 25.1 Å². The number of halogens is 2. The number of rotatable bonds is 10. The third-order valence-corrected chi connectivity index (χ3v) is 5.54. The number of benzene rings is 1. The van der Waals surface area contributed by atoms with Gasteiger partial charge in [0.2, 0.25) is 11.8 Å². The van der Waals surface area contributed by atoms with Gasteiger partial charge in [-0.2, -0.15) is 0 Å². The van der Waals surface area contributed by atoms with E-state index in [0.717, 1.165) is 16.0 Å². The van der Waals surface area contributed by atoms with Gasteiger partial charge in [-0.05, 0) is 41.6 Å². The third kappa shape index (κ3) is 6.58. The monoisotopic (exact) mass is 426 g/mol. The first-order chi connectivity index (χ1) is 13.4. The van der Waals surface area contributed by atoms with Crippen molar-refractivity contribution in [1.82, 2.24) is 9.80 Å². The fourth-order valence-corrected chi connectivity index (χ4v) is 3.71. The van der Waals surface area contributed by atoms with Crippen LogP contribution in [0.4, 0.5) is 4.39 Å². The van der Waals surface area contributed by atoms with E-state index in [9.17, 15) is 14.0 Å². The highest BCUT2D eigenvalue weighted by molar-refractivity contribution is 7.10. The maximum Gasteiger partial charge on any atom is 0.242 e. The minimum Gasteiger partial charge on any atom is -0.383 e. The lowest BCUT2D eigenvalue weighted by Gasteiger charge is -2.27. The summed E-state index contributed by atoms with van der Waals surface area (Å²) >= 11 is 7.25. The predicted molar refractivity (Wildman–Crippen MR) is 109 cm³/mol. The van der Waals surface area contributed by atoms with Crippen LogP contribution in [-0.2, 0) is 27.4 Å². The first-order valence-electron chi connectivity index (χ1n) is 8.82. The molecule has 28 heavy (non-hydrogen) atoms. The molecule has 2 aromatic rings. The lowest BCUT2D eigenvalue weighted by Crippen LogP contribution is -2.44. The number of amides is 2. The van der Waals surface area contributed by atoms with Crippen molar-refractivity contribution in [3.8, 4) is 0 Å². The van der Waals surface area contributed by atoms with Gasteiger partial charge in [0.1, 0.15) is 11.7 Å². The SMILES string of the molecule is COCCN(CC(=O)N(Cc1ccc(F)cc1)Cc1sccc1C)C(=O)CCl. The van der Waals surface area contributed by atoms with Gasteiger partial charge in [0.15, 0.2) is 0 Å². The molecule has 8 heteroatoms. The number of carbonyl (C=O) groups excluding carboxylic acids is 2. The van der Waals surface area contributed by atoms with Gasteiger partial charge in [-0.15, -0.1) is 22.9 Å². The molecular formula is C20H24ClFN2O3S. The molecule has 2 rings (SSSR count). The van der Waals surface area contributed by atoms with Gasteiger partial charge >= 0.3 is 0 Å². The second-order valence-electron chi connectivity index (χ2n) is 6.34. The van der Waals surface area contributed by atoms with Gasteiger partial charge in [-0.1, -0.05) is 12.1 Å². The molecule has 1 aromatic carbocycles. The molecule has 0 spiro atoms. The van der Waals surface area contributed by atoms with E-state index in [2.05, 4.69) is 0 Å². The maximum atomic E-state index is 13.2. The Morgan fingerprint density at radius 1 is 1.11 bits per heavy atom. The molecule has 0 aliphatic carbocycles. The third-order valence-electron chi connectivity index (χ3n) is 4.30. The summed E-state index contributed by atoms with van der Waals surface area (Å²) in [6.45, 7) is 3.26. The van der Waals surface area contributed by atoms with Crippen LogP contribution in [0, 0.1) is 12.7 Å². The van der Waals surface area contributed by atoms with Crippen LogP contribution in [0.25, 0.3) is 0 Å². The summed E-state index contributed by atoms with van der Waals surface area (Å²) in [7, 11) is 1.53. The van der Waals surface area contributed by atoms with Crippen LogP contribution < -0.4 is 0 Å². The molecule has 0 radical (unpaired) electrons. The van der Waals surface area contributed by atoms with Gasteiger partial charge in [-0.25, -0.2) is 4.39 Å². The van der Waals surface area contributed by atoms with E-state index < -0.39 is 0 Å². The average molecular weight is 427 g/mol. The topological polar surface area (TPSA) is 49.9 Å². The Morgan fingerprint density at radius 2 is 1.82 bits per heavy atom. The Labute approximate surface area is 173 Å². The average Bonchev–Trinajstić information content (AvgIpc) is 3.10. The van der Waals surface area contributed by atoms with Crippen molar-refractivity contribution in [2.24, 2.45) is 0 Å². The fourth-order valence-electron chi connectivity index (χ4n) is 2.62. The van der Waals surface area contributed by atoms with Crippen molar-refractivity contribution in [3.63, 3.8) is 0 Å². The van der Waals surface area contributed by atoms with E-state index in [4.69, 9.17) is 16.3 Å². The molecule has 0 unspecified atom stereocenters. The van der Waals surface area contributed by atoms with Crippen LogP contribution >= 0.6 is 22.9 Å². The lowest BCUT2D eigenvalue weighted by atomic mass is 10.2. The minimum absolute atomic E-state index is 0.0828. The standard InChI is InChI=1S/C20H24ClFN2O3S/c1-15-7-10-28-18(15)13-24(12-16-3-5-17(22)6-4-16)20(26)14-23(8-9-27-2)19(25)11-21/h3-7,10H,8-9,11-14H2,1-2H3. The predicted octanol–water partition coefficient (Wildman–Crippen LogP) is 3.44. The Balaban J connectivity index is 2.17. The van der Waals surface area contributed by atoms with E-state index in [1.807, 2.05) is 18.4 Å². The van der Waals surface area contributed by atoms with E-state index >= 15 is 0 Å². The van der Waals surface area contributed by atoms with Crippen LogP contribution in [-0.4, -0.2) is 54.3 Å². The van der Waals surface area contributed by atoms with E-state index in [0.29, 0.717) is 19.7 Å². The molecule has 0 aliphatic heterocycles. The van der Waals surface area contributed by atoms with E-state index in [1.54, 1.807) is 28.4 Å². The van der Waals surface area contributed by atoms with Crippen molar-refractivity contribution in [2.75, 3.05) is 32.7 Å². The highest BCUT2D eigenvalue weighted by Gasteiger charge is 2.22. The number of ether oxygens (including phenoxy) is 1. The van der Waals surface area contributed by atoms with Crippen molar-refractivity contribution in [2.45, 2.75) is 20.0 Å². The summed E-state index contributed by atoms with van der Waals surface area (Å²) < 4.78 is 18.2. The highest BCUT2D eigenvalue weighted by Crippen LogP contribution is 2.20.